The largest absolute Gasteiger partial charge is 0.0776 e. The second-order valence-electron chi connectivity index (χ2n) is 2.24. The summed E-state index contributed by atoms with van der Waals surface area (Å²) in [6.07, 6.45) is 2.45. The third-order valence-corrected chi connectivity index (χ3v) is 1.38. The molecule has 0 aliphatic heterocycles. The highest BCUT2D eigenvalue weighted by atomic mass is 13.9. The molecule has 1 aromatic carbocycles. The average Bonchev–Trinajstić information content (AvgIpc) is 1.91. The van der Waals surface area contributed by atoms with Crippen LogP contribution < -0.4 is 0 Å². The van der Waals surface area contributed by atoms with Crippen molar-refractivity contribution >= 4 is 0 Å². The summed E-state index contributed by atoms with van der Waals surface area (Å²) < 4.78 is 0. The van der Waals surface area contributed by atoms with Crippen LogP contribution >= 0.6 is 0 Å². The number of aryl methyl sites for hydroxylation is 1. The summed E-state index contributed by atoms with van der Waals surface area (Å²) in [4.78, 5) is 0. The van der Waals surface area contributed by atoms with Gasteiger partial charge in [-0.3, -0.25) is 0 Å². The van der Waals surface area contributed by atoms with Crippen LogP contribution in [0.5, 0.6) is 0 Å². The van der Waals surface area contributed by atoms with Crippen molar-refractivity contribution in [2.45, 2.75) is 34.6 Å². The lowest BCUT2D eigenvalue weighted by Crippen LogP contribution is -1.78. The van der Waals surface area contributed by atoms with Crippen molar-refractivity contribution in [1.29, 1.82) is 0 Å². The van der Waals surface area contributed by atoms with Crippen LogP contribution in [0.3, 0.4) is 0 Å². The van der Waals surface area contributed by atoms with Gasteiger partial charge in [-0.1, -0.05) is 58.5 Å². The van der Waals surface area contributed by atoms with Gasteiger partial charge < -0.3 is 0 Å². The fraction of sp³-hybridized carbons (Fsp3) is 0.455. The SMILES string of the molecule is C.C.CCCc1ccccc1. The molecule has 0 atom stereocenters. The molecule has 0 aromatic heterocycles. The molecule has 0 unspecified atom stereocenters. The Hall–Kier alpha value is -0.780. The third kappa shape index (κ3) is 4.60. The molecular formula is C11H20. The lowest BCUT2D eigenvalue weighted by molar-refractivity contribution is 0.922. The number of hydrogen-bond acceptors (Lipinski definition) is 0. The summed E-state index contributed by atoms with van der Waals surface area (Å²) in [5, 5.41) is 0. The minimum absolute atomic E-state index is 0. The van der Waals surface area contributed by atoms with Crippen molar-refractivity contribution in [2.24, 2.45) is 0 Å². The lowest BCUT2D eigenvalue weighted by Gasteiger charge is -1.93. The molecule has 0 fully saturated rings. The summed E-state index contributed by atoms with van der Waals surface area (Å²) in [7, 11) is 0. The van der Waals surface area contributed by atoms with Gasteiger partial charge >= 0.3 is 0 Å². The Morgan fingerprint density at radius 2 is 1.55 bits per heavy atom. The number of rotatable bonds is 2. The van der Waals surface area contributed by atoms with E-state index in [9.17, 15) is 0 Å². The Bertz CT molecular complexity index is 153. The molecular weight excluding hydrogens is 132 g/mol. The number of benzene rings is 1. The first-order valence-electron chi connectivity index (χ1n) is 3.47. The van der Waals surface area contributed by atoms with Gasteiger partial charge in [-0.05, 0) is 12.0 Å². The maximum Gasteiger partial charge on any atom is -0.0281 e. The predicted octanol–water partition coefficient (Wildman–Crippen LogP) is 3.91. The molecule has 0 saturated carbocycles. The quantitative estimate of drug-likeness (QED) is 0.602. The number of hydrogen-bond donors (Lipinski definition) is 0. The molecule has 1 rings (SSSR count). The van der Waals surface area contributed by atoms with E-state index in [1.165, 1.54) is 18.4 Å². The van der Waals surface area contributed by atoms with Crippen LogP contribution in [-0.4, -0.2) is 0 Å². The summed E-state index contributed by atoms with van der Waals surface area (Å²) in [5.41, 5.74) is 1.44. The zero-order chi connectivity index (χ0) is 6.53. The molecule has 0 aliphatic rings. The molecule has 0 spiro atoms. The standard InChI is InChI=1S/C9H12.2CH4/c1-2-6-9-7-4-3-5-8-9;;/h3-5,7-8H,2,6H2,1H3;2*1H4. The van der Waals surface area contributed by atoms with Crippen molar-refractivity contribution in [3.05, 3.63) is 35.9 Å². The van der Waals surface area contributed by atoms with Crippen molar-refractivity contribution in [3.63, 3.8) is 0 Å². The Morgan fingerprint density at radius 3 is 2.00 bits per heavy atom. The highest BCUT2D eigenvalue weighted by Gasteiger charge is 1.84. The lowest BCUT2D eigenvalue weighted by atomic mass is 10.1. The second-order valence-corrected chi connectivity index (χ2v) is 2.24. The molecule has 64 valence electrons. The summed E-state index contributed by atoms with van der Waals surface area (Å²) in [6.45, 7) is 2.20. The third-order valence-electron chi connectivity index (χ3n) is 1.38. The summed E-state index contributed by atoms with van der Waals surface area (Å²) in [5.74, 6) is 0. The van der Waals surface area contributed by atoms with Crippen LogP contribution in [-0.2, 0) is 6.42 Å². The fourth-order valence-electron chi connectivity index (χ4n) is 0.933. The van der Waals surface area contributed by atoms with Gasteiger partial charge in [0.05, 0.1) is 0 Å². The van der Waals surface area contributed by atoms with Crippen LogP contribution in [0.4, 0.5) is 0 Å². The molecule has 0 heteroatoms. The summed E-state index contributed by atoms with van der Waals surface area (Å²) in [6, 6.07) is 10.6. The first-order chi connectivity index (χ1) is 4.43. The molecule has 0 heterocycles. The Balaban J connectivity index is 0. The first kappa shape index (κ1) is 12.9. The van der Waals surface area contributed by atoms with Crippen molar-refractivity contribution in [3.8, 4) is 0 Å². The first-order valence-corrected chi connectivity index (χ1v) is 3.47. The van der Waals surface area contributed by atoms with E-state index >= 15 is 0 Å². The summed E-state index contributed by atoms with van der Waals surface area (Å²) >= 11 is 0. The van der Waals surface area contributed by atoms with Gasteiger partial charge in [-0.2, -0.15) is 0 Å². The highest BCUT2D eigenvalue weighted by molar-refractivity contribution is 5.14. The van der Waals surface area contributed by atoms with E-state index in [2.05, 4.69) is 37.3 Å². The van der Waals surface area contributed by atoms with Crippen molar-refractivity contribution in [1.82, 2.24) is 0 Å². The minimum atomic E-state index is 0. The van der Waals surface area contributed by atoms with E-state index in [0.29, 0.717) is 0 Å². The smallest absolute Gasteiger partial charge is 0.0281 e. The molecule has 11 heavy (non-hydrogen) atoms. The zero-order valence-corrected chi connectivity index (χ0v) is 5.80. The monoisotopic (exact) mass is 152 g/mol. The van der Waals surface area contributed by atoms with E-state index in [0.717, 1.165) is 0 Å². The van der Waals surface area contributed by atoms with Crippen molar-refractivity contribution < 1.29 is 0 Å². The molecule has 0 N–H and O–H groups in total. The fourth-order valence-corrected chi connectivity index (χ4v) is 0.933. The van der Waals surface area contributed by atoms with E-state index in [-0.39, 0.29) is 14.9 Å². The normalized spacial score (nSPS) is 7.73. The topological polar surface area (TPSA) is 0 Å². The van der Waals surface area contributed by atoms with Gasteiger partial charge in [-0.15, -0.1) is 0 Å². The van der Waals surface area contributed by atoms with Gasteiger partial charge in [0.25, 0.3) is 0 Å². The van der Waals surface area contributed by atoms with Gasteiger partial charge in [0, 0.05) is 0 Å². The maximum absolute atomic E-state index is 2.20. The minimum Gasteiger partial charge on any atom is -0.0776 e. The average molecular weight is 152 g/mol. The van der Waals surface area contributed by atoms with Gasteiger partial charge in [0.1, 0.15) is 0 Å². The van der Waals surface area contributed by atoms with Gasteiger partial charge in [-0.25, -0.2) is 0 Å². The molecule has 0 saturated heterocycles. The van der Waals surface area contributed by atoms with Crippen molar-refractivity contribution in [2.75, 3.05) is 0 Å². The molecule has 0 amide bonds. The van der Waals surface area contributed by atoms with E-state index in [1.54, 1.807) is 0 Å². The second kappa shape index (κ2) is 7.33. The zero-order valence-electron chi connectivity index (χ0n) is 5.80. The van der Waals surface area contributed by atoms with Crippen LogP contribution in [0.25, 0.3) is 0 Å². The molecule has 0 aliphatic carbocycles. The van der Waals surface area contributed by atoms with Crippen LogP contribution in [0.15, 0.2) is 30.3 Å². The molecule has 0 nitrogen and oxygen atoms in total. The highest BCUT2D eigenvalue weighted by Crippen LogP contribution is 2.00. The molecule has 1 aromatic rings. The van der Waals surface area contributed by atoms with E-state index < -0.39 is 0 Å². The molecule has 0 radical (unpaired) electrons. The Kier molecular flexibility index (Phi) is 8.57. The van der Waals surface area contributed by atoms with E-state index in [4.69, 9.17) is 0 Å². The van der Waals surface area contributed by atoms with Gasteiger partial charge in [0.2, 0.25) is 0 Å². The van der Waals surface area contributed by atoms with Gasteiger partial charge in [0.15, 0.2) is 0 Å². The van der Waals surface area contributed by atoms with Crippen LogP contribution in [0, 0.1) is 0 Å². The molecule has 0 bridgehead atoms. The Morgan fingerprint density at radius 1 is 1.00 bits per heavy atom. The van der Waals surface area contributed by atoms with Crippen LogP contribution in [0.2, 0.25) is 0 Å². The maximum atomic E-state index is 2.20. The Labute approximate surface area is 71.3 Å². The van der Waals surface area contributed by atoms with Crippen LogP contribution in [0.1, 0.15) is 33.8 Å². The predicted molar refractivity (Wildman–Crippen MR) is 53.9 cm³/mol. The van der Waals surface area contributed by atoms with E-state index in [1.807, 2.05) is 0 Å².